The molecular weight excluding hydrogens is 310 g/mol. The first kappa shape index (κ1) is 19.5. The summed E-state index contributed by atoms with van der Waals surface area (Å²) in [6, 6.07) is 11.4. The van der Waals surface area contributed by atoms with Gasteiger partial charge in [-0.25, -0.2) is 9.36 Å². The Balaban J connectivity index is 0.00000264. The Morgan fingerprint density at radius 3 is 2.09 bits per heavy atom. The van der Waals surface area contributed by atoms with Crippen LogP contribution in [0.1, 0.15) is 27.0 Å². The van der Waals surface area contributed by atoms with Crippen molar-refractivity contribution in [3.05, 3.63) is 64.7 Å². The molecule has 0 amide bonds. The van der Waals surface area contributed by atoms with Crippen LogP contribution in [-0.2, 0) is 9.09 Å². The number of phosphoric acid groups is 1. The van der Waals surface area contributed by atoms with Crippen molar-refractivity contribution in [2.45, 2.75) is 20.8 Å². The van der Waals surface area contributed by atoms with E-state index in [1.807, 2.05) is 6.92 Å². The molecule has 7 heteroatoms. The van der Waals surface area contributed by atoms with Crippen molar-refractivity contribution in [1.82, 2.24) is 0 Å². The number of hydrogen-bond acceptors (Lipinski definition) is 5. The average molecular weight is 326 g/mol. The molecule has 5 nitrogen and oxygen atoms in total. The molecule has 0 saturated heterocycles. The minimum atomic E-state index is -4.80. The quantitative estimate of drug-likeness (QED) is 0.597. The van der Waals surface area contributed by atoms with Gasteiger partial charge in [-0.15, -0.1) is 0 Å². The van der Waals surface area contributed by atoms with Crippen LogP contribution in [0.4, 0.5) is 0 Å². The minimum Gasteiger partial charge on any atom is -0.736 e. The van der Waals surface area contributed by atoms with Crippen molar-refractivity contribution in [1.29, 1.82) is 0 Å². The smallest absolute Gasteiger partial charge is 0.736 e. The molecular formula is C16H16LiO5P. The van der Waals surface area contributed by atoms with Gasteiger partial charge in [0.05, 0.1) is 5.56 Å². The van der Waals surface area contributed by atoms with E-state index in [0.29, 0.717) is 11.1 Å². The van der Waals surface area contributed by atoms with Gasteiger partial charge in [-0.1, -0.05) is 35.9 Å². The fraction of sp³-hybridized carbons (Fsp3) is 0.188. The van der Waals surface area contributed by atoms with E-state index < -0.39 is 13.8 Å². The normalized spacial score (nSPS) is 12.7. The maximum atomic E-state index is 11.9. The third-order valence-electron chi connectivity index (χ3n) is 3.01. The third-order valence-corrected chi connectivity index (χ3v) is 3.81. The summed E-state index contributed by atoms with van der Waals surface area (Å²) in [6.07, 6.45) is 0. The number of carbonyl (C=O) groups excluding carboxylic acids is 1. The average Bonchev–Trinajstić information content (AvgIpc) is 2.43. The van der Waals surface area contributed by atoms with E-state index >= 15 is 0 Å². The molecule has 116 valence electrons. The van der Waals surface area contributed by atoms with Gasteiger partial charge in [0.2, 0.25) is 0 Å². The van der Waals surface area contributed by atoms with Crippen LogP contribution in [0.3, 0.4) is 0 Å². The fourth-order valence-electron chi connectivity index (χ4n) is 2.17. The van der Waals surface area contributed by atoms with Gasteiger partial charge in [0.15, 0.2) is 0 Å². The topological polar surface area (TPSA) is 75.7 Å². The maximum Gasteiger partial charge on any atom is 1.00 e. The summed E-state index contributed by atoms with van der Waals surface area (Å²) in [5, 5.41) is 0. The van der Waals surface area contributed by atoms with Gasteiger partial charge < -0.3 is 13.9 Å². The molecule has 0 radical (unpaired) electrons. The molecule has 23 heavy (non-hydrogen) atoms. The number of rotatable bonds is 4. The maximum absolute atomic E-state index is 11.9. The zero-order chi connectivity index (χ0) is 16.3. The van der Waals surface area contributed by atoms with Gasteiger partial charge in [0.1, 0.15) is 5.75 Å². The molecule has 0 saturated carbocycles. The van der Waals surface area contributed by atoms with Crippen LogP contribution in [0.2, 0.25) is 0 Å². The summed E-state index contributed by atoms with van der Waals surface area (Å²) in [7, 11) is -4.80. The van der Waals surface area contributed by atoms with E-state index in [1.54, 1.807) is 44.2 Å². The zero-order valence-electron chi connectivity index (χ0n) is 13.5. The van der Waals surface area contributed by atoms with E-state index in [9.17, 15) is 14.3 Å². The monoisotopic (exact) mass is 326 g/mol. The van der Waals surface area contributed by atoms with Gasteiger partial charge in [-0.2, -0.15) is 0 Å². The van der Waals surface area contributed by atoms with E-state index in [2.05, 4.69) is 4.52 Å². The van der Waals surface area contributed by atoms with Crippen LogP contribution in [-0.4, -0.2) is 5.97 Å². The van der Waals surface area contributed by atoms with Crippen molar-refractivity contribution >= 4 is 13.8 Å². The summed E-state index contributed by atoms with van der Waals surface area (Å²) in [4.78, 5) is 23.7. The zero-order valence-corrected chi connectivity index (χ0v) is 14.4. The predicted octanol–water partition coefficient (Wildman–Crippen LogP) is 0.320. The van der Waals surface area contributed by atoms with Crippen LogP contribution in [0, 0.1) is 20.8 Å². The second-order valence-corrected chi connectivity index (χ2v) is 6.27. The third kappa shape index (κ3) is 5.26. The van der Waals surface area contributed by atoms with Crippen LogP contribution < -0.4 is 28.3 Å². The minimum absolute atomic E-state index is 0. The first-order valence-electron chi connectivity index (χ1n) is 6.66. The summed E-state index contributed by atoms with van der Waals surface area (Å²) >= 11 is 0. The number of phosphoric ester groups is 1. The Morgan fingerprint density at radius 2 is 1.57 bits per heavy atom. The molecule has 0 N–H and O–H groups in total. The molecule has 0 fully saturated rings. The summed E-state index contributed by atoms with van der Waals surface area (Å²) in [6.45, 7) is 5.36. The fourth-order valence-corrected chi connectivity index (χ4v) is 3.03. The molecule has 0 aliphatic heterocycles. The molecule has 0 spiro atoms. The molecule has 2 aromatic rings. The van der Waals surface area contributed by atoms with Crippen LogP contribution in [0.25, 0.3) is 0 Å². The van der Waals surface area contributed by atoms with Crippen molar-refractivity contribution in [3.8, 4) is 5.75 Å². The standard InChI is InChI=1S/C16H17O5P.Li/c1-11-9-12(2)15(13(3)10-11)20-22(18,19)21-16(17)14-7-5-4-6-8-14;/h4-10H,1-3H3,(H,18,19);/q;+1/p-1. The first-order chi connectivity index (χ1) is 10.3. The Kier molecular flexibility index (Phi) is 6.67. The number of carbonyl (C=O) groups is 1. The van der Waals surface area contributed by atoms with E-state index in [0.717, 1.165) is 5.56 Å². The molecule has 1 atom stereocenters. The molecule has 0 aliphatic rings. The molecule has 0 aromatic heterocycles. The number of benzene rings is 2. The van der Waals surface area contributed by atoms with Gasteiger partial charge in [-0.3, -0.25) is 0 Å². The van der Waals surface area contributed by atoms with E-state index in [4.69, 9.17) is 4.52 Å². The van der Waals surface area contributed by atoms with Crippen molar-refractivity contribution in [3.63, 3.8) is 0 Å². The Hall–Kier alpha value is -1.50. The second-order valence-electron chi connectivity index (χ2n) is 5.01. The molecule has 1 unspecified atom stereocenters. The van der Waals surface area contributed by atoms with Crippen molar-refractivity contribution < 1.29 is 42.2 Å². The largest absolute Gasteiger partial charge is 1.00 e. The van der Waals surface area contributed by atoms with E-state index in [-0.39, 0.29) is 30.2 Å². The summed E-state index contributed by atoms with van der Waals surface area (Å²) < 4.78 is 21.4. The molecule has 2 rings (SSSR count). The Labute approximate surface area is 147 Å². The van der Waals surface area contributed by atoms with E-state index in [1.165, 1.54) is 12.1 Å². The van der Waals surface area contributed by atoms with Gasteiger partial charge >= 0.3 is 32.7 Å². The van der Waals surface area contributed by atoms with Crippen LogP contribution in [0.5, 0.6) is 5.75 Å². The van der Waals surface area contributed by atoms with Gasteiger partial charge in [0, 0.05) is 0 Å². The molecule has 0 aliphatic carbocycles. The first-order valence-corrected chi connectivity index (χ1v) is 8.12. The van der Waals surface area contributed by atoms with Crippen molar-refractivity contribution in [2.75, 3.05) is 0 Å². The van der Waals surface area contributed by atoms with Gasteiger partial charge in [-0.05, 0) is 44.0 Å². The summed E-state index contributed by atoms with van der Waals surface area (Å²) in [5.41, 5.74) is 2.44. The number of aryl methyl sites for hydroxylation is 3. The molecule has 0 heterocycles. The SMILES string of the molecule is Cc1cc(C)c(OP(=O)([O-])OC(=O)c2ccccc2)c(C)c1.[Li+]. The summed E-state index contributed by atoms with van der Waals surface area (Å²) in [5.74, 6) is -0.786. The molecule has 2 aromatic carbocycles. The van der Waals surface area contributed by atoms with Crippen LogP contribution >= 0.6 is 7.82 Å². The Morgan fingerprint density at radius 1 is 1.04 bits per heavy atom. The predicted molar refractivity (Wildman–Crippen MR) is 80.7 cm³/mol. The molecule has 0 bridgehead atoms. The number of hydrogen-bond donors (Lipinski definition) is 0. The van der Waals surface area contributed by atoms with Gasteiger partial charge in [0.25, 0.3) is 0 Å². The second kappa shape index (κ2) is 7.85. The van der Waals surface area contributed by atoms with Crippen LogP contribution in [0.15, 0.2) is 42.5 Å². The Bertz CT molecular complexity index is 722. The van der Waals surface area contributed by atoms with Crippen molar-refractivity contribution in [2.24, 2.45) is 0 Å².